The number of fused-ring (bicyclic) bond motifs is 7. The van der Waals surface area contributed by atoms with Crippen LogP contribution in [-0.2, 0) is 19.1 Å². The van der Waals surface area contributed by atoms with Gasteiger partial charge in [-0.3, -0.25) is 9.59 Å². The molecule has 7 rings (SSSR count). The quantitative estimate of drug-likeness (QED) is 0.347. The lowest BCUT2D eigenvalue weighted by molar-refractivity contribution is -0.319. The highest BCUT2D eigenvalue weighted by Gasteiger charge is 2.73. The molecular weight excluding hydrogens is 472 g/mol. The maximum absolute atomic E-state index is 12.8. The summed E-state index contributed by atoms with van der Waals surface area (Å²) < 4.78 is 12.6. The molecule has 7 aliphatic rings. The first-order valence-electron chi connectivity index (χ1n) is 15.9. The third kappa shape index (κ3) is 3.14. The van der Waals surface area contributed by atoms with E-state index in [0.29, 0.717) is 45.7 Å². The van der Waals surface area contributed by atoms with Crippen LogP contribution in [0.4, 0.5) is 0 Å². The Balaban J connectivity index is 1.35. The van der Waals surface area contributed by atoms with Gasteiger partial charge in [-0.15, -0.1) is 0 Å². The van der Waals surface area contributed by atoms with E-state index in [4.69, 9.17) is 9.47 Å². The van der Waals surface area contributed by atoms with Crippen LogP contribution < -0.4 is 0 Å². The number of hydrogen-bond acceptors (Lipinski definition) is 4. The first-order chi connectivity index (χ1) is 17.6. The Morgan fingerprint density at radius 2 is 1.53 bits per heavy atom. The Labute approximate surface area is 231 Å². The molecule has 1 unspecified atom stereocenters. The minimum Gasteiger partial charge on any atom is -0.462 e. The third-order valence-corrected chi connectivity index (χ3v) is 15.4. The van der Waals surface area contributed by atoms with Crippen LogP contribution in [0.25, 0.3) is 0 Å². The summed E-state index contributed by atoms with van der Waals surface area (Å²) in [7, 11) is 0. The zero-order chi connectivity index (χ0) is 27.7. The smallest absolute Gasteiger partial charge is 0.302 e. The Bertz CT molecular complexity index is 1030. The third-order valence-electron chi connectivity index (χ3n) is 15.4. The lowest BCUT2D eigenvalue weighted by Crippen LogP contribution is -2.73. The van der Waals surface area contributed by atoms with E-state index in [1.54, 1.807) is 13.8 Å². The number of ketones is 1. The molecule has 0 aromatic rings. The molecule has 0 radical (unpaired) electrons. The van der Waals surface area contributed by atoms with Crippen molar-refractivity contribution in [2.24, 2.45) is 62.6 Å². The normalized spacial score (nSPS) is 56.6. The molecule has 0 aromatic carbocycles. The molecule has 38 heavy (non-hydrogen) atoms. The monoisotopic (exact) mass is 526 g/mol. The molecule has 214 valence electrons. The van der Waals surface area contributed by atoms with Crippen LogP contribution in [0, 0.1) is 62.6 Å². The Kier molecular flexibility index (Phi) is 5.81. The summed E-state index contributed by atoms with van der Waals surface area (Å²) in [5, 5.41) is 0. The summed E-state index contributed by atoms with van der Waals surface area (Å²) in [5.41, 5.74) is 0.834. The van der Waals surface area contributed by atoms with E-state index in [-0.39, 0.29) is 34.4 Å². The maximum atomic E-state index is 12.8. The fourth-order valence-corrected chi connectivity index (χ4v) is 13.2. The molecule has 5 aliphatic carbocycles. The van der Waals surface area contributed by atoms with Crippen LogP contribution in [0.15, 0.2) is 0 Å². The Morgan fingerprint density at radius 3 is 2.18 bits per heavy atom. The van der Waals surface area contributed by atoms with Crippen LogP contribution in [0.3, 0.4) is 0 Å². The van der Waals surface area contributed by atoms with Gasteiger partial charge in [-0.2, -0.15) is 0 Å². The van der Waals surface area contributed by atoms with Gasteiger partial charge in [0.2, 0.25) is 0 Å². The first-order valence-corrected chi connectivity index (χ1v) is 15.9. The average Bonchev–Trinajstić information content (AvgIpc) is 2.82. The van der Waals surface area contributed by atoms with Gasteiger partial charge in [-0.25, -0.2) is 0 Å². The zero-order valence-corrected chi connectivity index (χ0v) is 25.7. The van der Waals surface area contributed by atoms with Crippen molar-refractivity contribution in [3.63, 3.8) is 0 Å². The lowest BCUT2D eigenvalue weighted by atomic mass is 9.30. The fourth-order valence-electron chi connectivity index (χ4n) is 13.2. The van der Waals surface area contributed by atoms with Crippen LogP contribution in [-0.4, -0.2) is 30.1 Å². The largest absolute Gasteiger partial charge is 0.462 e. The predicted octanol–water partition coefficient (Wildman–Crippen LogP) is 7.62. The van der Waals surface area contributed by atoms with Gasteiger partial charge in [-0.1, -0.05) is 41.5 Å². The molecule has 7 fully saturated rings. The van der Waals surface area contributed by atoms with Crippen molar-refractivity contribution in [1.82, 2.24) is 0 Å². The molecule has 2 aliphatic heterocycles. The Hall–Kier alpha value is -0.900. The highest BCUT2D eigenvalue weighted by atomic mass is 16.5. The van der Waals surface area contributed by atoms with Crippen molar-refractivity contribution in [2.45, 2.75) is 132 Å². The first kappa shape index (κ1) is 27.3. The standard InChI is InChI=1S/C34H54O4/c1-20-28-23-10-11-26-30(6)14-13-27(38-22(3)36)29(4,5)25(30)12-15-32(26,8)31(23,7)16-17-34(28)18-24(21(2)35)33(20,9)37-19-34/h20,23-28H,10-19H2,1-9H3/t20-,23+,24+,25-,26+,27-,28+,30-,31+,32+,33?,34-/m0/s1. The van der Waals surface area contributed by atoms with Crippen molar-refractivity contribution in [3.8, 4) is 0 Å². The van der Waals surface area contributed by atoms with Gasteiger partial charge in [0.15, 0.2) is 0 Å². The van der Waals surface area contributed by atoms with Crippen LogP contribution in [0.2, 0.25) is 0 Å². The summed E-state index contributed by atoms with van der Waals surface area (Å²) >= 11 is 0. The van der Waals surface area contributed by atoms with Crippen LogP contribution in [0.5, 0.6) is 0 Å². The van der Waals surface area contributed by atoms with E-state index in [0.717, 1.165) is 25.4 Å². The molecule has 0 amide bonds. The Morgan fingerprint density at radius 1 is 0.816 bits per heavy atom. The highest BCUT2D eigenvalue weighted by molar-refractivity contribution is 5.80. The minimum absolute atomic E-state index is 0.0129. The topological polar surface area (TPSA) is 52.6 Å². The van der Waals surface area contributed by atoms with E-state index in [1.165, 1.54) is 44.9 Å². The van der Waals surface area contributed by atoms with E-state index in [2.05, 4.69) is 48.5 Å². The van der Waals surface area contributed by atoms with E-state index >= 15 is 0 Å². The molecule has 4 nitrogen and oxygen atoms in total. The molecule has 0 aromatic heterocycles. The van der Waals surface area contributed by atoms with Crippen LogP contribution in [0.1, 0.15) is 120 Å². The number of hydrogen-bond donors (Lipinski definition) is 0. The molecular formula is C34H54O4. The number of Topliss-reactive ketones (excluding diaryl/α,β-unsaturated/α-hetero) is 1. The molecule has 4 heteroatoms. The maximum Gasteiger partial charge on any atom is 0.302 e. The van der Waals surface area contributed by atoms with Gasteiger partial charge in [0.05, 0.1) is 12.2 Å². The summed E-state index contributed by atoms with van der Waals surface area (Å²) in [4.78, 5) is 24.7. The number of esters is 1. The average molecular weight is 527 g/mol. The van der Waals surface area contributed by atoms with Gasteiger partial charge in [0.1, 0.15) is 11.9 Å². The van der Waals surface area contributed by atoms with Crippen LogP contribution >= 0.6 is 0 Å². The second-order valence-corrected chi connectivity index (χ2v) is 16.6. The van der Waals surface area contributed by atoms with Crippen molar-refractivity contribution in [1.29, 1.82) is 0 Å². The molecule has 2 heterocycles. The molecule has 0 N–H and O–H groups in total. The predicted molar refractivity (Wildman–Crippen MR) is 149 cm³/mol. The molecule has 12 atom stereocenters. The lowest BCUT2D eigenvalue weighted by Gasteiger charge is -2.76. The summed E-state index contributed by atoms with van der Waals surface area (Å²) in [6.45, 7) is 21.7. The van der Waals surface area contributed by atoms with Crippen molar-refractivity contribution >= 4 is 11.8 Å². The van der Waals surface area contributed by atoms with Crippen molar-refractivity contribution in [2.75, 3.05) is 6.61 Å². The summed E-state index contributed by atoms with van der Waals surface area (Å²) in [6, 6.07) is 0. The van der Waals surface area contributed by atoms with Crippen molar-refractivity contribution < 1.29 is 19.1 Å². The van der Waals surface area contributed by atoms with E-state index in [9.17, 15) is 9.59 Å². The van der Waals surface area contributed by atoms with E-state index in [1.807, 2.05) is 0 Å². The van der Waals surface area contributed by atoms with Gasteiger partial charge >= 0.3 is 5.97 Å². The summed E-state index contributed by atoms with van der Waals surface area (Å²) in [6.07, 6.45) is 10.9. The number of rotatable bonds is 2. The number of ether oxygens (including phenoxy) is 2. The minimum atomic E-state index is -0.309. The highest BCUT2D eigenvalue weighted by Crippen LogP contribution is 2.78. The molecule has 1 spiro atoms. The fraction of sp³-hybridized carbons (Fsp3) is 0.941. The van der Waals surface area contributed by atoms with Gasteiger partial charge in [0.25, 0.3) is 0 Å². The number of carbonyl (C=O) groups excluding carboxylic acids is 2. The molecule has 2 saturated heterocycles. The van der Waals surface area contributed by atoms with Gasteiger partial charge < -0.3 is 9.47 Å². The van der Waals surface area contributed by atoms with Crippen molar-refractivity contribution in [3.05, 3.63) is 0 Å². The van der Waals surface area contributed by atoms with Gasteiger partial charge in [-0.05, 0) is 123 Å². The molecule has 5 saturated carbocycles. The second kappa shape index (κ2) is 8.10. The zero-order valence-electron chi connectivity index (χ0n) is 25.7. The summed E-state index contributed by atoms with van der Waals surface area (Å²) in [5.74, 6) is 3.38. The SMILES string of the molecule is CC(=O)O[C@H]1CC[C@]2(C)[C@H]3CC[C@@H]4[C@H]5[C@H](C)C6(C)OC[C@]5(CC[C@@]4(C)[C@]3(C)CC[C@H]2C1(C)C)C[C@@H]6C(C)=O. The second-order valence-electron chi connectivity index (χ2n) is 16.6. The molecule has 2 bridgehead atoms. The number of carbonyl (C=O) groups is 2. The van der Waals surface area contributed by atoms with Gasteiger partial charge in [0, 0.05) is 18.3 Å². The van der Waals surface area contributed by atoms with E-state index < -0.39 is 0 Å².